The molecule has 76 valence electrons. The van der Waals surface area contributed by atoms with Crippen LogP contribution in [0.25, 0.3) is 0 Å². The Labute approximate surface area is 83.1 Å². The molecule has 2 aliphatic carbocycles. The monoisotopic (exact) mass is 180 g/mol. The molecule has 0 aromatic rings. The summed E-state index contributed by atoms with van der Waals surface area (Å²) >= 11 is 0. The summed E-state index contributed by atoms with van der Waals surface area (Å²) in [5.74, 6) is 3.93. The predicted molar refractivity (Wildman–Crippen MR) is 57.6 cm³/mol. The minimum Gasteiger partial charge on any atom is -0.0619 e. The predicted octanol–water partition coefficient (Wildman–Crippen LogP) is 4.10. The summed E-state index contributed by atoms with van der Waals surface area (Å²) in [6.07, 6.45) is 5.93. The van der Waals surface area contributed by atoms with Crippen molar-refractivity contribution in [1.82, 2.24) is 0 Å². The molecule has 0 aromatic carbocycles. The fourth-order valence-corrected chi connectivity index (χ4v) is 4.91. The van der Waals surface area contributed by atoms with Gasteiger partial charge in [0.05, 0.1) is 0 Å². The fraction of sp³-hybridized carbons (Fsp3) is 1.00. The molecule has 2 aliphatic rings. The van der Waals surface area contributed by atoms with Crippen LogP contribution in [0.4, 0.5) is 0 Å². The summed E-state index contributed by atoms with van der Waals surface area (Å²) < 4.78 is 0. The maximum atomic E-state index is 2.50. The van der Waals surface area contributed by atoms with Gasteiger partial charge in [0.15, 0.2) is 0 Å². The zero-order valence-electron chi connectivity index (χ0n) is 9.64. The van der Waals surface area contributed by atoms with E-state index < -0.39 is 0 Å². The average Bonchev–Trinajstić information content (AvgIpc) is 2.53. The van der Waals surface area contributed by atoms with E-state index in [2.05, 4.69) is 27.7 Å². The number of hydrogen-bond acceptors (Lipinski definition) is 0. The largest absolute Gasteiger partial charge is 0.0619 e. The first kappa shape index (κ1) is 9.55. The van der Waals surface area contributed by atoms with Gasteiger partial charge in [0.25, 0.3) is 0 Å². The van der Waals surface area contributed by atoms with Gasteiger partial charge < -0.3 is 0 Å². The topological polar surface area (TPSA) is 0 Å². The molecule has 2 saturated carbocycles. The summed E-state index contributed by atoms with van der Waals surface area (Å²) in [7, 11) is 0. The molecule has 0 heteroatoms. The molecule has 0 heterocycles. The van der Waals surface area contributed by atoms with Crippen LogP contribution in [0, 0.1) is 29.1 Å². The summed E-state index contributed by atoms with van der Waals surface area (Å²) in [6.45, 7) is 10.0. The van der Waals surface area contributed by atoms with Crippen LogP contribution in [0.2, 0.25) is 0 Å². The van der Waals surface area contributed by atoms with Crippen molar-refractivity contribution in [3.63, 3.8) is 0 Å². The van der Waals surface area contributed by atoms with E-state index in [9.17, 15) is 0 Å². The van der Waals surface area contributed by atoms with Gasteiger partial charge in [0.1, 0.15) is 0 Å². The highest BCUT2D eigenvalue weighted by Gasteiger charge is 2.55. The standard InChI is InChI=1S/C13H24/c1-9-5-6-10(2)13(9)11(3)7-8-12(13)4/h9-12H,5-8H2,1-4H3/t9-,10+,11-,12+,13?. The van der Waals surface area contributed by atoms with Crippen molar-refractivity contribution >= 4 is 0 Å². The van der Waals surface area contributed by atoms with Crippen molar-refractivity contribution < 1.29 is 0 Å². The van der Waals surface area contributed by atoms with Crippen LogP contribution in [0.3, 0.4) is 0 Å². The van der Waals surface area contributed by atoms with E-state index in [0.717, 1.165) is 29.1 Å². The Balaban J connectivity index is 2.34. The van der Waals surface area contributed by atoms with E-state index >= 15 is 0 Å². The van der Waals surface area contributed by atoms with Gasteiger partial charge in [-0.2, -0.15) is 0 Å². The fourth-order valence-electron chi connectivity index (χ4n) is 4.91. The molecule has 0 unspecified atom stereocenters. The molecule has 2 rings (SSSR count). The Bertz CT molecular complexity index is 149. The minimum atomic E-state index is 0.722. The van der Waals surface area contributed by atoms with Gasteiger partial charge in [-0.1, -0.05) is 27.7 Å². The van der Waals surface area contributed by atoms with Gasteiger partial charge in [-0.15, -0.1) is 0 Å². The van der Waals surface area contributed by atoms with Gasteiger partial charge in [-0.05, 0) is 54.8 Å². The van der Waals surface area contributed by atoms with Crippen LogP contribution in [-0.4, -0.2) is 0 Å². The van der Waals surface area contributed by atoms with Crippen LogP contribution in [0.15, 0.2) is 0 Å². The van der Waals surface area contributed by atoms with E-state index in [0.29, 0.717) is 0 Å². The van der Waals surface area contributed by atoms with E-state index in [-0.39, 0.29) is 0 Å². The lowest BCUT2D eigenvalue weighted by Gasteiger charge is -2.42. The Morgan fingerprint density at radius 3 is 1.08 bits per heavy atom. The van der Waals surface area contributed by atoms with Crippen molar-refractivity contribution in [1.29, 1.82) is 0 Å². The normalized spacial score (nSPS) is 48.9. The van der Waals surface area contributed by atoms with E-state index in [1.807, 2.05) is 0 Å². The molecule has 1 spiro atoms. The Morgan fingerprint density at radius 1 is 0.615 bits per heavy atom. The quantitative estimate of drug-likeness (QED) is 0.526. The van der Waals surface area contributed by atoms with Gasteiger partial charge in [0, 0.05) is 0 Å². The molecule has 0 N–H and O–H groups in total. The van der Waals surface area contributed by atoms with E-state index in [1.165, 1.54) is 25.7 Å². The molecule has 13 heavy (non-hydrogen) atoms. The van der Waals surface area contributed by atoms with Crippen LogP contribution < -0.4 is 0 Å². The lowest BCUT2D eigenvalue weighted by Crippen LogP contribution is -2.37. The maximum Gasteiger partial charge on any atom is -0.0195 e. The molecule has 0 aliphatic heterocycles. The minimum absolute atomic E-state index is 0.722. The second kappa shape index (κ2) is 3.00. The van der Waals surface area contributed by atoms with Crippen molar-refractivity contribution in [2.24, 2.45) is 29.1 Å². The molecule has 0 radical (unpaired) electrons. The first-order valence-electron chi connectivity index (χ1n) is 6.10. The first-order valence-corrected chi connectivity index (χ1v) is 6.10. The highest BCUT2D eigenvalue weighted by atomic mass is 14.6. The lowest BCUT2D eigenvalue weighted by molar-refractivity contribution is 0.0551. The smallest absolute Gasteiger partial charge is 0.0195 e. The molecule has 0 amide bonds. The second-order valence-electron chi connectivity index (χ2n) is 5.76. The zero-order valence-corrected chi connectivity index (χ0v) is 9.64. The summed E-state index contributed by atoms with van der Waals surface area (Å²) in [5, 5.41) is 0. The number of hydrogen-bond donors (Lipinski definition) is 0. The average molecular weight is 180 g/mol. The van der Waals surface area contributed by atoms with Crippen molar-refractivity contribution in [2.75, 3.05) is 0 Å². The van der Waals surface area contributed by atoms with Crippen molar-refractivity contribution in [3.8, 4) is 0 Å². The van der Waals surface area contributed by atoms with Crippen molar-refractivity contribution in [2.45, 2.75) is 53.4 Å². The molecule has 0 aromatic heterocycles. The molecule has 0 nitrogen and oxygen atoms in total. The SMILES string of the molecule is C[C@@H]1CC[C@H](C)C12[C@H](C)CC[C@@H]2C. The van der Waals surface area contributed by atoms with Crippen LogP contribution in [0.1, 0.15) is 53.4 Å². The Kier molecular flexibility index (Phi) is 2.20. The Hall–Kier alpha value is 0. The third-order valence-electron chi connectivity index (χ3n) is 5.48. The van der Waals surface area contributed by atoms with Gasteiger partial charge >= 0.3 is 0 Å². The third-order valence-corrected chi connectivity index (χ3v) is 5.48. The van der Waals surface area contributed by atoms with Crippen molar-refractivity contribution in [3.05, 3.63) is 0 Å². The first-order chi connectivity index (χ1) is 6.10. The lowest BCUT2D eigenvalue weighted by atomic mass is 9.62. The number of rotatable bonds is 0. The third kappa shape index (κ3) is 1.04. The molecular formula is C13H24. The van der Waals surface area contributed by atoms with Crippen LogP contribution >= 0.6 is 0 Å². The summed E-state index contributed by atoms with van der Waals surface area (Å²) in [6, 6.07) is 0. The second-order valence-corrected chi connectivity index (χ2v) is 5.76. The summed E-state index contributed by atoms with van der Waals surface area (Å²) in [4.78, 5) is 0. The highest BCUT2D eigenvalue weighted by Crippen LogP contribution is 2.62. The Morgan fingerprint density at radius 2 is 0.846 bits per heavy atom. The molecule has 2 fully saturated rings. The van der Waals surface area contributed by atoms with Gasteiger partial charge in [-0.3, -0.25) is 0 Å². The van der Waals surface area contributed by atoms with E-state index in [1.54, 1.807) is 0 Å². The van der Waals surface area contributed by atoms with E-state index in [4.69, 9.17) is 0 Å². The molecule has 0 saturated heterocycles. The molecule has 0 bridgehead atoms. The van der Waals surface area contributed by atoms with Gasteiger partial charge in [0.2, 0.25) is 0 Å². The highest BCUT2D eigenvalue weighted by molar-refractivity contribution is 5.03. The zero-order chi connectivity index (χ0) is 9.64. The van der Waals surface area contributed by atoms with Gasteiger partial charge in [-0.25, -0.2) is 0 Å². The molecule has 4 atom stereocenters. The summed E-state index contributed by atoms with van der Waals surface area (Å²) in [5.41, 5.74) is 0.722. The maximum absolute atomic E-state index is 2.50. The van der Waals surface area contributed by atoms with Crippen LogP contribution in [0.5, 0.6) is 0 Å². The molecular weight excluding hydrogens is 156 g/mol. The van der Waals surface area contributed by atoms with Crippen LogP contribution in [-0.2, 0) is 0 Å².